The molecule has 3 rings (SSSR count). The van der Waals surface area contributed by atoms with Crippen LogP contribution in [0.2, 0.25) is 0 Å². The summed E-state index contributed by atoms with van der Waals surface area (Å²) in [4.78, 5) is 38.7. The monoisotopic (exact) mass is 639 g/mol. The van der Waals surface area contributed by atoms with E-state index in [0.717, 1.165) is 21.8 Å². The molecule has 0 aliphatic heterocycles. The number of carbonyl (C=O) groups is 3. The van der Waals surface area contributed by atoms with Gasteiger partial charge in [-0.3, -0.25) is 24.4 Å². The Bertz CT molecular complexity index is 1120. The molecule has 3 N–H and O–H groups in total. The number of pyridine rings is 2. The molecule has 0 atom stereocenters. The Morgan fingerprint density at radius 1 is 0.583 bits per heavy atom. The van der Waals surface area contributed by atoms with Crippen molar-refractivity contribution in [2.75, 3.05) is 0 Å². The fourth-order valence-corrected chi connectivity index (χ4v) is 2.56. The van der Waals surface area contributed by atoms with E-state index in [4.69, 9.17) is 15.3 Å². The zero-order valence-corrected chi connectivity index (χ0v) is 23.3. The zero-order chi connectivity index (χ0) is 27.0. The zero-order valence-electron chi connectivity index (χ0n) is 21.1. The molecular weight excluding hydrogens is 607 g/mol. The Morgan fingerprint density at radius 2 is 0.861 bits per heavy atom. The van der Waals surface area contributed by atoms with Crippen molar-refractivity contribution in [3.8, 4) is 0 Å². The fraction of sp³-hybridized carbons (Fsp3) is 0.222. The summed E-state index contributed by atoms with van der Waals surface area (Å²) < 4.78 is 0. The van der Waals surface area contributed by atoms with Crippen LogP contribution in [0.25, 0.3) is 21.8 Å². The van der Waals surface area contributed by atoms with Gasteiger partial charge in [-0.15, -0.1) is 0 Å². The number of carbonyl (C=O) groups excluding carboxylic acids is 3. The second-order valence-electron chi connectivity index (χ2n) is 7.40. The van der Waals surface area contributed by atoms with Crippen LogP contribution in [-0.2, 0) is 14.4 Å². The summed E-state index contributed by atoms with van der Waals surface area (Å²) in [6.45, 7) is 8.54. The number of ketones is 3. The summed E-state index contributed by atoms with van der Waals surface area (Å²) in [6.07, 6.45) is 7.10. The molecule has 2 heterocycles. The third-order valence-corrected chi connectivity index (χ3v) is 3.58. The van der Waals surface area contributed by atoms with Crippen LogP contribution in [0.5, 0.6) is 0 Å². The molecule has 8 nitrogen and oxygen atoms in total. The predicted molar refractivity (Wildman–Crippen MR) is 138 cm³/mol. The number of aliphatic hydroxyl groups is 3. The van der Waals surface area contributed by atoms with Crippen LogP contribution >= 0.6 is 0 Å². The van der Waals surface area contributed by atoms with Gasteiger partial charge < -0.3 is 15.3 Å². The third-order valence-electron chi connectivity index (χ3n) is 3.58. The van der Waals surface area contributed by atoms with Gasteiger partial charge in [0, 0.05) is 80.0 Å². The molecule has 0 aliphatic carbocycles. The van der Waals surface area contributed by atoms with Gasteiger partial charge in [-0.2, -0.15) is 0 Å². The quantitative estimate of drug-likeness (QED) is 0.183. The van der Waals surface area contributed by atoms with Crippen molar-refractivity contribution in [1.82, 2.24) is 9.97 Å². The van der Waals surface area contributed by atoms with Crippen LogP contribution in [0.4, 0.5) is 0 Å². The number of allylic oxidation sites excluding steroid dienone is 6. The van der Waals surface area contributed by atoms with E-state index in [1.54, 1.807) is 12.4 Å². The molecule has 0 aliphatic rings. The Labute approximate surface area is 241 Å². The van der Waals surface area contributed by atoms with Gasteiger partial charge in [-0.05, 0) is 53.7 Å². The van der Waals surface area contributed by atoms with Crippen LogP contribution in [0.1, 0.15) is 41.5 Å². The molecule has 3 aromatic rings. The first-order valence-electron chi connectivity index (χ1n) is 10.6. The van der Waals surface area contributed by atoms with E-state index in [1.165, 1.54) is 59.8 Å². The minimum Gasteiger partial charge on any atom is -0.512 e. The molecule has 195 valence electrons. The average Bonchev–Trinajstić information content (AvgIpc) is 2.72. The molecule has 0 saturated carbocycles. The molecule has 0 amide bonds. The van der Waals surface area contributed by atoms with Gasteiger partial charge in [-0.1, -0.05) is 24.3 Å². The molecule has 0 unspecified atom stereocenters. The normalized spacial score (nSPS) is 10.9. The van der Waals surface area contributed by atoms with Gasteiger partial charge in [0.05, 0.1) is 28.3 Å². The van der Waals surface area contributed by atoms with Crippen molar-refractivity contribution in [3.05, 3.63) is 84.3 Å². The maximum atomic E-state index is 10.0. The summed E-state index contributed by atoms with van der Waals surface area (Å²) in [5.74, 6) is -0.187. The van der Waals surface area contributed by atoms with Crippen molar-refractivity contribution in [1.29, 1.82) is 0 Å². The number of hydrogen-bond donors (Lipinski definition) is 3. The first-order valence-corrected chi connectivity index (χ1v) is 10.6. The van der Waals surface area contributed by atoms with Crippen molar-refractivity contribution in [2.45, 2.75) is 41.5 Å². The average molecular weight is 639 g/mol. The maximum absolute atomic E-state index is 10.0. The number of benzene rings is 1. The van der Waals surface area contributed by atoms with Crippen LogP contribution in [-0.4, -0.2) is 42.6 Å². The summed E-state index contributed by atoms with van der Waals surface area (Å²) in [7, 11) is 0. The smallest absolute Gasteiger partial charge is 0.155 e. The molecular formula is C27H32N2O6Tb. The second-order valence-corrected chi connectivity index (χ2v) is 7.40. The fourth-order valence-electron chi connectivity index (χ4n) is 2.56. The minimum absolute atomic E-state index is 0. The minimum atomic E-state index is -0.125. The van der Waals surface area contributed by atoms with Gasteiger partial charge in [0.2, 0.25) is 0 Å². The number of aliphatic hydroxyl groups excluding tert-OH is 3. The number of nitrogens with zero attached hydrogens (tertiary/aromatic N) is 2. The molecule has 9 heteroatoms. The van der Waals surface area contributed by atoms with E-state index in [1.807, 2.05) is 12.1 Å². The molecule has 1 aromatic carbocycles. The van der Waals surface area contributed by atoms with Gasteiger partial charge in [0.1, 0.15) is 0 Å². The van der Waals surface area contributed by atoms with Gasteiger partial charge >= 0.3 is 0 Å². The Balaban J connectivity index is 0. The van der Waals surface area contributed by atoms with Gasteiger partial charge in [0.25, 0.3) is 0 Å². The van der Waals surface area contributed by atoms with E-state index in [9.17, 15) is 14.4 Å². The number of fused-ring (bicyclic) bond motifs is 3. The van der Waals surface area contributed by atoms with E-state index in [-0.39, 0.29) is 73.2 Å². The molecule has 36 heavy (non-hydrogen) atoms. The summed E-state index contributed by atoms with van der Waals surface area (Å²) in [6, 6.07) is 12.1. The first-order chi connectivity index (χ1) is 16.3. The van der Waals surface area contributed by atoms with Crippen LogP contribution in [0.15, 0.2) is 84.3 Å². The number of rotatable bonds is 3. The van der Waals surface area contributed by atoms with Gasteiger partial charge in [-0.25, -0.2) is 0 Å². The van der Waals surface area contributed by atoms with E-state index in [0.29, 0.717) is 0 Å². The predicted octanol–water partition coefficient (Wildman–Crippen LogP) is 5.89. The molecule has 1 radical (unpaired) electrons. The Hall–Kier alpha value is -3.04. The van der Waals surface area contributed by atoms with Crippen LogP contribution < -0.4 is 0 Å². The van der Waals surface area contributed by atoms with Crippen molar-refractivity contribution >= 4 is 39.2 Å². The summed E-state index contributed by atoms with van der Waals surface area (Å²) in [5.41, 5.74) is 1.95. The number of hydrogen-bond acceptors (Lipinski definition) is 8. The standard InChI is InChI=1S/C12H8N2.3C5H8O2.Tb/c1-3-9-5-6-10-4-2-8-14-12(10)11(9)13-7-1;3*1-4(6)3-5(2)7;/h1-8H;3*3,6H,1-2H3;/b;3*4-3-;. The molecule has 0 bridgehead atoms. The first kappa shape index (κ1) is 35.1. The molecule has 2 aromatic heterocycles. The Morgan fingerprint density at radius 3 is 1.06 bits per heavy atom. The van der Waals surface area contributed by atoms with E-state index < -0.39 is 0 Å². The van der Waals surface area contributed by atoms with Crippen LogP contribution in [0, 0.1) is 38.6 Å². The largest absolute Gasteiger partial charge is 0.512 e. The van der Waals surface area contributed by atoms with Crippen molar-refractivity contribution < 1.29 is 68.3 Å². The third kappa shape index (κ3) is 17.4. The maximum Gasteiger partial charge on any atom is 0.155 e. The topological polar surface area (TPSA) is 138 Å². The van der Waals surface area contributed by atoms with Crippen LogP contribution in [0.3, 0.4) is 0 Å². The summed E-state index contributed by atoms with van der Waals surface area (Å²) in [5, 5.41) is 27.4. The Kier molecular flexibility index (Phi) is 18.7. The molecule has 0 fully saturated rings. The number of aromatic nitrogens is 2. The van der Waals surface area contributed by atoms with Gasteiger partial charge in [0.15, 0.2) is 17.3 Å². The van der Waals surface area contributed by atoms with E-state index >= 15 is 0 Å². The van der Waals surface area contributed by atoms with Crippen molar-refractivity contribution in [2.24, 2.45) is 0 Å². The van der Waals surface area contributed by atoms with E-state index in [2.05, 4.69) is 34.2 Å². The second kappa shape index (κ2) is 19.2. The SMILES string of the molecule is CC(=O)/C=C(/C)O.CC(=O)/C=C(/C)O.CC(=O)/C=C(/C)O.[Tb].c1cnc2c(c1)ccc1cccnc12. The molecule has 0 saturated heterocycles. The van der Waals surface area contributed by atoms with Crippen molar-refractivity contribution in [3.63, 3.8) is 0 Å². The summed E-state index contributed by atoms with van der Waals surface area (Å²) >= 11 is 0. The molecule has 0 spiro atoms.